The fourth-order valence-electron chi connectivity index (χ4n) is 3.37. The number of benzene rings is 3. The number of hydrogen-bond donors (Lipinski definition) is 1. The highest BCUT2D eigenvalue weighted by atomic mass is 35.5. The van der Waals surface area contributed by atoms with Crippen LogP contribution in [0.3, 0.4) is 0 Å². The zero-order chi connectivity index (χ0) is 20.4. The van der Waals surface area contributed by atoms with E-state index in [0.29, 0.717) is 6.54 Å². The van der Waals surface area contributed by atoms with Crippen LogP contribution in [0.1, 0.15) is 16.7 Å². The van der Waals surface area contributed by atoms with Gasteiger partial charge in [0.15, 0.2) is 0 Å². The molecule has 4 aromatic rings. The zero-order valence-corrected chi connectivity index (χ0v) is 17.7. The number of hydrogen-bond acceptors (Lipinski definition) is 2. The third-order valence-corrected chi connectivity index (χ3v) is 5.50. The van der Waals surface area contributed by atoms with Crippen LogP contribution in [0.5, 0.6) is 0 Å². The molecule has 4 heteroatoms. The van der Waals surface area contributed by atoms with Crippen molar-refractivity contribution in [2.45, 2.75) is 20.4 Å². The largest absolute Gasteiger partial charge is 0.366 e. The molecule has 0 unspecified atom stereocenters. The van der Waals surface area contributed by atoms with Crippen molar-refractivity contribution in [3.05, 3.63) is 94.5 Å². The van der Waals surface area contributed by atoms with Crippen LogP contribution in [0.15, 0.2) is 72.8 Å². The molecular weight excluding hydrogens is 378 g/mol. The van der Waals surface area contributed by atoms with E-state index >= 15 is 0 Å². The second-order valence-corrected chi connectivity index (χ2v) is 7.83. The quantitative estimate of drug-likeness (QED) is 0.406. The average molecular weight is 402 g/mol. The van der Waals surface area contributed by atoms with Crippen LogP contribution in [-0.2, 0) is 13.6 Å². The van der Waals surface area contributed by atoms with Crippen molar-refractivity contribution in [1.82, 2.24) is 9.78 Å². The summed E-state index contributed by atoms with van der Waals surface area (Å²) >= 11 is 6.07. The monoisotopic (exact) mass is 401 g/mol. The first kappa shape index (κ1) is 19.3. The van der Waals surface area contributed by atoms with Gasteiger partial charge in [-0.05, 0) is 53.8 Å². The normalized spacial score (nSPS) is 10.9. The Morgan fingerprint density at radius 3 is 2.28 bits per heavy atom. The van der Waals surface area contributed by atoms with E-state index in [-0.39, 0.29) is 0 Å². The molecule has 0 aliphatic rings. The van der Waals surface area contributed by atoms with Gasteiger partial charge in [-0.3, -0.25) is 4.68 Å². The molecule has 0 spiro atoms. The molecule has 3 nitrogen and oxygen atoms in total. The van der Waals surface area contributed by atoms with Crippen LogP contribution in [0.4, 0.5) is 5.82 Å². The molecule has 0 fully saturated rings. The molecule has 0 saturated carbocycles. The van der Waals surface area contributed by atoms with E-state index in [9.17, 15) is 0 Å². The van der Waals surface area contributed by atoms with E-state index in [1.807, 2.05) is 29.9 Å². The molecule has 0 atom stereocenters. The minimum Gasteiger partial charge on any atom is -0.366 e. The van der Waals surface area contributed by atoms with Gasteiger partial charge in [-0.1, -0.05) is 66.2 Å². The van der Waals surface area contributed by atoms with E-state index in [0.717, 1.165) is 27.7 Å². The van der Waals surface area contributed by atoms with E-state index in [1.165, 1.54) is 22.3 Å². The van der Waals surface area contributed by atoms with Crippen LogP contribution >= 0.6 is 11.6 Å². The Labute approximate surface area is 177 Å². The summed E-state index contributed by atoms with van der Waals surface area (Å²) in [5.41, 5.74) is 8.27. The van der Waals surface area contributed by atoms with E-state index in [2.05, 4.69) is 78.9 Å². The number of anilines is 1. The molecule has 0 aliphatic heterocycles. The Morgan fingerprint density at radius 1 is 0.828 bits per heavy atom. The third kappa shape index (κ3) is 4.36. The Hall–Kier alpha value is -3.04. The molecule has 0 radical (unpaired) electrons. The molecule has 29 heavy (non-hydrogen) atoms. The number of halogens is 1. The smallest absolute Gasteiger partial charge is 0.124 e. The zero-order valence-electron chi connectivity index (χ0n) is 16.9. The van der Waals surface area contributed by atoms with Crippen molar-refractivity contribution in [3.63, 3.8) is 0 Å². The van der Waals surface area contributed by atoms with Crippen LogP contribution < -0.4 is 5.32 Å². The molecule has 146 valence electrons. The fourth-order valence-corrected chi connectivity index (χ4v) is 3.58. The third-order valence-electron chi connectivity index (χ3n) is 5.26. The molecule has 0 aliphatic carbocycles. The summed E-state index contributed by atoms with van der Waals surface area (Å²) in [7, 11) is 1.95. The van der Waals surface area contributed by atoms with E-state index in [1.54, 1.807) is 0 Å². The van der Waals surface area contributed by atoms with Gasteiger partial charge in [0.05, 0.1) is 5.69 Å². The predicted octanol–water partition coefficient (Wildman–Crippen LogP) is 6.64. The van der Waals surface area contributed by atoms with Gasteiger partial charge in [0, 0.05) is 30.2 Å². The Morgan fingerprint density at radius 2 is 1.55 bits per heavy atom. The average Bonchev–Trinajstić information content (AvgIpc) is 3.09. The van der Waals surface area contributed by atoms with Crippen molar-refractivity contribution in [2.75, 3.05) is 5.32 Å². The van der Waals surface area contributed by atoms with Crippen molar-refractivity contribution < 1.29 is 0 Å². The van der Waals surface area contributed by atoms with E-state index in [4.69, 9.17) is 11.6 Å². The summed E-state index contributed by atoms with van der Waals surface area (Å²) < 4.78 is 1.87. The topological polar surface area (TPSA) is 29.9 Å². The lowest BCUT2D eigenvalue weighted by atomic mass is 9.99. The lowest BCUT2D eigenvalue weighted by molar-refractivity contribution is 0.772. The summed E-state index contributed by atoms with van der Waals surface area (Å²) in [4.78, 5) is 0. The number of rotatable bonds is 5. The molecule has 0 amide bonds. The molecule has 4 rings (SSSR count). The molecule has 1 aromatic heterocycles. The minimum absolute atomic E-state index is 0.700. The maximum absolute atomic E-state index is 6.07. The van der Waals surface area contributed by atoms with Crippen LogP contribution in [0, 0.1) is 13.8 Å². The number of aryl methyl sites for hydroxylation is 3. The standard InChI is InChI=1S/C25H24ClN3/c1-17-7-8-22(13-18(17)2)20-9-11-21(12-10-20)24-15-25(29(3)28-24)27-16-19-5-4-6-23(26)14-19/h4-15,27H,16H2,1-3H3. The first-order valence-electron chi connectivity index (χ1n) is 9.70. The maximum Gasteiger partial charge on any atom is 0.124 e. The minimum atomic E-state index is 0.700. The summed E-state index contributed by atoms with van der Waals surface area (Å²) in [6, 6.07) is 25.1. The number of nitrogens with one attached hydrogen (secondary N) is 1. The second kappa shape index (κ2) is 8.14. The summed E-state index contributed by atoms with van der Waals surface area (Å²) in [5.74, 6) is 0.971. The van der Waals surface area contributed by atoms with Crippen LogP contribution in [0.2, 0.25) is 5.02 Å². The molecule has 1 N–H and O–H groups in total. The summed E-state index contributed by atoms with van der Waals surface area (Å²) in [6.07, 6.45) is 0. The van der Waals surface area contributed by atoms with Gasteiger partial charge < -0.3 is 5.32 Å². The highest BCUT2D eigenvalue weighted by molar-refractivity contribution is 6.30. The molecule has 3 aromatic carbocycles. The van der Waals surface area contributed by atoms with Crippen molar-refractivity contribution in [3.8, 4) is 22.4 Å². The Kier molecular flexibility index (Phi) is 5.41. The van der Waals surface area contributed by atoms with Gasteiger partial charge in [-0.25, -0.2) is 0 Å². The first-order valence-corrected chi connectivity index (χ1v) is 10.1. The number of aromatic nitrogens is 2. The van der Waals surface area contributed by atoms with Crippen LogP contribution in [0.25, 0.3) is 22.4 Å². The van der Waals surface area contributed by atoms with Gasteiger partial charge in [0.25, 0.3) is 0 Å². The first-order chi connectivity index (χ1) is 14.0. The summed E-state index contributed by atoms with van der Waals surface area (Å²) in [5, 5.41) is 8.85. The number of nitrogens with zero attached hydrogens (tertiary/aromatic N) is 2. The van der Waals surface area contributed by atoms with Gasteiger partial charge in [-0.2, -0.15) is 5.10 Å². The Bertz CT molecular complexity index is 1140. The summed E-state index contributed by atoms with van der Waals surface area (Å²) in [6.45, 7) is 4.99. The van der Waals surface area contributed by atoms with Crippen LogP contribution in [-0.4, -0.2) is 9.78 Å². The van der Waals surface area contributed by atoms with Crippen molar-refractivity contribution >= 4 is 17.4 Å². The van der Waals surface area contributed by atoms with Crippen molar-refractivity contribution in [1.29, 1.82) is 0 Å². The highest BCUT2D eigenvalue weighted by Crippen LogP contribution is 2.27. The fraction of sp³-hybridized carbons (Fsp3) is 0.160. The maximum atomic E-state index is 6.07. The van der Waals surface area contributed by atoms with Crippen molar-refractivity contribution in [2.24, 2.45) is 7.05 Å². The van der Waals surface area contributed by atoms with E-state index < -0.39 is 0 Å². The molecular formula is C25H24ClN3. The highest BCUT2D eigenvalue weighted by Gasteiger charge is 2.08. The molecule has 0 bridgehead atoms. The lowest BCUT2D eigenvalue weighted by Gasteiger charge is -2.06. The molecule has 1 heterocycles. The molecule has 0 saturated heterocycles. The van der Waals surface area contributed by atoms with Gasteiger partial charge in [0.2, 0.25) is 0 Å². The van der Waals surface area contributed by atoms with Gasteiger partial charge in [-0.15, -0.1) is 0 Å². The predicted molar refractivity (Wildman–Crippen MR) is 122 cm³/mol. The Balaban J connectivity index is 1.51. The SMILES string of the molecule is Cc1ccc(-c2ccc(-c3cc(NCc4cccc(Cl)c4)n(C)n3)cc2)cc1C. The van der Waals surface area contributed by atoms with Gasteiger partial charge >= 0.3 is 0 Å². The van der Waals surface area contributed by atoms with Gasteiger partial charge in [0.1, 0.15) is 5.82 Å². The lowest BCUT2D eigenvalue weighted by Crippen LogP contribution is -2.04. The second-order valence-electron chi connectivity index (χ2n) is 7.40.